The van der Waals surface area contributed by atoms with Crippen molar-refractivity contribution in [2.45, 2.75) is 32.7 Å². The van der Waals surface area contributed by atoms with Crippen LogP contribution < -0.4 is 5.32 Å². The third-order valence-corrected chi connectivity index (χ3v) is 4.01. The van der Waals surface area contributed by atoms with Crippen LogP contribution in [0.1, 0.15) is 26.7 Å². The molecule has 1 fully saturated rings. The first-order valence-corrected chi connectivity index (χ1v) is 7.91. The molecule has 4 nitrogen and oxygen atoms in total. The Bertz CT molecular complexity index is 588. The molecule has 2 heterocycles. The largest absolute Gasteiger partial charge is 0.366 e. The second kappa shape index (κ2) is 6.39. The molecule has 0 amide bonds. The first kappa shape index (κ1) is 14.3. The summed E-state index contributed by atoms with van der Waals surface area (Å²) in [5.41, 5.74) is 1.91. The number of likely N-dealkylation sites (tertiary alicyclic amines) is 1. The van der Waals surface area contributed by atoms with E-state index in [1.165, 1.54) is 32.5 Å². The van der Waals surface area contributed by atoms with Crippen LogP contribution in [0.3, 0.4) is 0 Å². The standard InChI is InChI=1S/C17H24N4/c1-13(2)12-21-9-7-14(8-10-21)19-17-11-18-15-5-3-4-6-16(15)20-17/h3-6,11,13-14H,7-10,12H2,1-2H3,(H,19,20). The number of benzene rings is 1. The molecule has 1 aliphatic rings. The molecule has 0 atom stereocenters. The summed E-state index contributed by atoms with van der Waals surface area (Å²) < 4.78 is 0. The SMILES string of the molecule is CC(C)CN1CCC(Nc2cnc3ccccc3n2)CC1. The lowest BCUT2D eigenvalue weighted by Crippen LogP contribution is -2.40. The van der Waals surface area contributed by atoms with Gasteiger partial charge in [-0.3, -0.25) is 4.98 Å². The van der Waals surface area contributed by atoms with Crippen molar-refractivity contribution in [3.05, 3.63) is 30.5 Å². The van der Waals surface area contributed by atoms with Crippen LogP contribution in [0, 0.1) is 5.92 Å². The van der Waals surface area contributed by atoms with Gasteiger partial charge in [-0.2, -0.15) is 0 Å². The molecule has 1 aromatic carbocycles. The Morgan fingerprint density at radius 2 is 1.90 bits per heavy atom. The highest BCUT2D eigenvalue weighted by Gasteiger charge is 2.19. The molecular formula is C17H24N4. The van der Waals surface area contributed by atoms with Gasteiger partial charge in [-0.1, -0.05) is 26.0 Å². The summed E-state index contributed by atoms with van der Waals surface area (Å²) in [7, 11) is 0. The van der Waals surface area contributed by atoms with E-state index >= 15 is 0 Å². The van der Waals surface area contributed by atoms with Crippen LogP contribution in [0.25, 0.3) is 11.0 Å². The van der Waals surface area contributed by atoms with Crippen molar-refractivity contribution in [2.75, 3.05) is 25.0 Å². The number of hydrogen-bond acceptors (Lipinski definition) is 4. The van der Waals surface area contributed by atoms with Gasteiger partial charge in [0.15, 0.2) is 0 Å². The maximum absolute atomic E-state index is 4.65. The van der Waals surface area contributed by atoms with Crippen LogP contribution in [-0.4, -0.2) is 40.5 Å². The lowest BCUT2D eigenvalue weighted by molar-refractivity contribution is 0.198. The van der Waals surface area contributed by atoms with Crippen molar-refractivity contribution in [1.29, 1.82) is 0 Å². The highest BCUT2D eigenvalue weighted by Crippen LogP contribution is 2.17. The normalized spacial score (nSPS) is 17.5. The van der Waals surface area contributed by atoms with Crippen LogP contribution in [-0.2, 0) is 0 Å². The van der Waals surface area contributed by atoms with Gasteiger partial charge < -0.3 is 10.2 Å². The van der Waals surface area contributed by atoms with Crippen LogP contribution in [0.5, 0.6) is 0 Å². The number of para-hydroxylation sites is 2. The number of hydrogen-bond donors (Lipinski definition) is 1. The number of aromatic nitrogens is 2. The molecule has 1 aromatic heterocycles. The first-order valence-electron chi connectivity index (χ1n) is 7.91. The Hall–Kier alpha value is -1.68. The number of fused-ring (bicyclic) bond motifs is 1. The molecule has 0 saturated carbocycles. The molecule has 2 aromatic rings. The Labute approximate surface area is 126 Å². The summed E-state index contributed by atoms with van der Waals surface area (Å²) in [6.45, 7) is 8.14. The minimum Gasteiger partial charge on any atom is -0.366 e. The van der Waals surface area contributed by atoms with E-state index in [1.54, 1.807) is 0 Å². The Balaban J connectivity index is 1.59. The van der Waals surface area contributed by atoms with Crippen molar-refractivity contribution < 1.29 is 0 Å². The van der Waals surface area contributed by atoms with Gasteiger partial charge in [0.25, 0.3) is 0 Å². The second-order valence-electron chi connectivity index (χ2n) is 6.36. The predicted octanol–water partition coefficient (Wildman–Crippen LogP) is 3.16. The van der Waals surface area contributed by atoms with E-state index in [2.05, 4.69) is 34.0 Å². The zero-order valence-electron chi connectivity index (χ0n) is 12.9. The van der Waals surface area contributed by atoms with E-state index < -0.39 is 0 Å². The summed E-state index contributed by atoms with van der Waals surface area (Å²) in [4.78, 5) is 11.7. The Morgan fingerprint density at radius 1 is 1.19 bits per heavy atom. The number of nitrogens with zero attached hydrogens (tertiary/aromatic N) is 3. The quantitative estimate of drug-likeness (QED) is 0.936. The number of rotatable bonds is 4. The smallest absolute Gasteiger partial charge is 0.145 e. The zero-order valence-corrected chi connectivity index (χ0v) is 12.9. The highest BCUT2D eigenvalue weighted by atomic mass is 15.1. The van der Waals surface area contributed by atoms with Crippen LogP contribution in [0.2, 0.25) is 0 Å². The Kier molecular flexibility index (Phi) is 4.34. The first-order chi connectivity index (χ1) is 10.2. The molecule has 3 rings (SSSR count). The van der Waals surface area contributed by atoms with Gasteiger partial charge in [0.1, 0.15) is 5.82 Å². The fourth-order valence-corrected chi connectivity index (χ4v) is 3.01. The predicted molar refractivity (Wildman–Crippen MR) is 87.5 cm³/mol. The minimum absolute atomic E-state index is 0.517. The van der Waals surface area contributed by atoms with Gasteiger partial charge in [0.2, 0.25) is 0 Å². The average Bonchev–Trinajstić information content (AvgIpc) is 2.49. The topological polar surface area (TPSA) is 41.0 Å². The average molecular weight is 284 g/mol. The lowest BCUT2D eigenvalue weighted by Gasteiger charge is -2.33. The summed E-state index contributed by atoms with van der Waals surface area (Å²) in [6.07, 6.45) is 4.21. The molecule has 4 heteroatoms. The maximum Gasteiger partial charge on any atom is 0.145 e. The van der Waals surface area contributed by atoms with Crippen LogP contribution in [0.15, 0.2) is 30.5 Å². The van der Waals surface area contributed by atoms with Crippen LogP contribution in [0.4, 0.5) is 5.82 Å². The van der Waals surface area contributed by atoms with E-state index in [1.807, 2.05) is 30.5 Å². The number of anilines is 1. The molecule has 1 N–H and O–H groups in total. The molecule has 0 spiro atoms. The molecule has 1 aliphatic heterocycles. The van der Waals surface area contributed by atoms with Crippen molar-refractivity contribution >= 4 is 16.9 Å². The van der Waals surface area contributed by atoms with Crippen LogP contribution >= 0.6 is 0 Å². The van der Waals surface area contributed by atoms with Gasteiger partial charge in [0.05, 0.1) is 17.2 Å². The van der Waals surface area contributed by atoms with Crippen molar-refractivity contribution in [2.24, 2.45) is 5.92 Å². The molecule has 0 bridgehead atoms. The maximum atomic E-state index is 4.65. The minimum atomic E-state index is 0.517. The molecule has 21 heavy (non-hydrogen) atoms. The van der Waals surface area contributed by atoms with Gasteiger partial charge in [0, 0.05) is 25.7 Å². The van der Waals surface area contributed by atoms with E-state index in [-0.39, 0.29) is 0 Å². The molecular weight excluding hydrogens is 260 g/mol. The summed E-state index contributed by atoms with van der Waals surface area (Å²) in [5.74, 6) is 1.65. The van der Waals surface area contributed by atoms with E-state index in [4.69, 9.17) is 0 Å². The van der Waals surface area contributed by atoms with Gasteiger partial charge in [-0.05, 0) is 30.9 Å². The van der Waals surface area contributed by atoms with E-state index in [0.717, 1.165) is 22.8 Å². The van der Waals surface area contributed by atoms with Crippen molar-refractivity contribution in [3.8, 4) is 0 Å². The summed E-state index contributed by atoms with van der Waals surface area (Å²) in [6, 6.07) is 8.53. The van der Waals surface area contributed by atoms with Gasteiger partial charge in [-0.15, -0.1) is 0 Å². The van der Waals surface area contributed by atoms with Gasteiger partial charge in [-0.25, -0.2) is 4.98 Å². The lowest BCUT2D eigenvalue weighted by atomic mass is 10.0. The number of piperidine rings is 1. The Morgan fingerprint density at radius 3 is 2.62 bits per heavy atom. The molecule has 1 saturated heterocycles. The zero-order chi connectivity index (χ0) is 14.7. The molecule has 0 radical (unpaired) electrons. The van der Waals surface area contributed by atoms with E-state index in [9.17, 15) is 0 Å². The third-order valence-electron chi connectivity index (χ3n) is 4.01. The van der Waals surface area contributed by atoms with Gasteiger partial charge >= 0.3 is 0 Å². The second-order valence-corrected chi connectivity index (χ2v) is 6.36. The molecule has 112 valence electrons. The monoisotopic (exact) mass is 284 g/mol. The number of nitrogens with one attached hydrogen (secondary N) is 1. The summed E-state index contributed by atoms with van der Waals surface area (Å²) in [5, 5.41) is 3.55. The molecule has 0 aliphatic carbocycles. The fourth-order valence-electron chi connectivity index (χ4n) is 3.01. The van der Waals surface area contributed by atoms with E-state index in [0.29, 0.717) is 6.04 Å². The van der Waals surface area contributed by atoms with Crippen molar-refractivity contribution in [1.82, 2.24) is 14.9 Å². The fraction of sp³-hybridized carbons (Fsp3) is 0.529. The summed E-state index contributed by atoms with van der Waals surface area (Å²) >= 11 is 0. The third kappa shape index (κ3) is 3.70. The van der Waals surface area contributed by atoms with Crippen molar-refractivity contribution in [3.63, 3.8) is 0 Å². The highest BCUT2D eigenvalue weighted by molar-refractivity contribution is 5.75. The molecule has 0 unspecified atom stereocenters.